The molecule has 1 heterocycles. The van der Waals surface area contributed by atoms with Crippen LogP contribution in [0, 0.1) is 0 Å². The van der Waals surface area contributed by atoms with Crippen molar-refractivity contribution in [3.05, 3.63) is 24.3 Å². The maximum Gasteiger partial charge on any atom is 0.180 e. The van der Waals surface area contributed by atoms with E-state index in [9.17, 15) is 8.42 Å². The fraction of sp³-hybridized carbons (Fsp3) is 0.571. The van der Waals surface area contributed by atoms with Crippen LogP contribution in [-0.4, -0.2) is 33.4 Å². The zero-order valence-corrected chi connectivity index (χ0v) is 12.1. The molecule has 0 bridgehead atoms. The molecule has 106 valence electrons. The highest BCUT2D eigenvalue weighted by Gasteiger charge is 2.19. The Balaban J connectivity index is 2.11. The van der Waals surface area contributed by atoms with Crippen LogP contribution in [-0.2, 0) is 14.6 Å². The first-order valence-corrected chi connectivity index (χ1v) is 8.46. The summed E-state index contributed by atoms with van der Waals surface area (Å²) in [6.07, 6.45) is 2.95. The van der Waals surface area contributed by atoms with Gasteiger partial charge in [0.1, 0.15) is 0 Å². The number of sulfone groups is 1. The molecule has 0 spiro atoms. The zero-order valence-electron chi connectivity index (χ0n) is 11.3. The Kier molecular flexibility index (Phi) is 4.82. The van der Waals surface area contributed by atoms with Crippen molar-refractivity contribution in [1.82, 2.24) is 0 Å². The van der Waals surface area contributed by atoms with Gasteiger partial charge in [-0.2, -0.15) is 0 Å². The lowest BCUT2D eigenvalue weighted by atomic mass is 10.2. The van der Waals surface area contributed by atoms with Crippen molar-refractivity contribution in [1.29, 1.82) is 0 Å². The molecule has 1 aromatic rings. The van der Waals surface area contributed by atoms with E-state index in [2.05, 4.69) is 5.32 Å². The molecule has 1 aromatic carbocycles. The fourth-order valence-electron chi connectivity index (χ4n) is 2.29. The monoisotopic (exact) mass is 283 g/mol. The van der Waals surface area contributed by atoms with Crippen molar-refractivity contribution >= 4 is 15.5 Å². The van der Waals surface area contributed by atoms with Crippen LogP contribution in [0.4, 0.5) is 5.69 Å². The van der Waals surface area contributed by atoms with Gasteiger partial charge in [-0.1, -0.05) is 19.1 Å². The Labute approximate surface area is 115 Å². The number of nitrogens with one attached hydrogen (secondary N) is 1. The normalized spacial score (nSPS) is 19.5. The van der Waals surface area contributed by atoms with Crippen LogP contribution in [0.2, 0.25) is 0 Å². The third kappa shape index (κ3) is 3.70. The Bertz CT molecular complexity index is 507. The highest BCUT2D eigenvalue weighted by molar-refractivity contribution is 7.91. The van der Waals surface area contributed by atoms with E-state index < -0.39 is 9.84 Å². The van der Waals surface area contributed by atoms with Crippen LogP contribution in [0.15, 0.2) is 29.2 Å². The summed E-state index contributed by atoms with van der Waals surface area (Å²) in [7, 11) is -3.19. The molecule has 0 aliphatic carbocycles. The van der Waals surface area contributed by atoms with Crippen LogP contribution in [0.5, 0.6) is 0 Å². The first-order chi connectivity index (χ1) is 9.13. The van der Waals surface area contributed by atoms with Gasteiger partial charge >= 0.3 is 0 Å². The molecule has 4 nitrogen and oxygen atoms in total. The van der Waals surface area contributed by atoms with Gasteiger partial charge in [0.05, 0.1) is 22.4 Å². The second kappa shape index (κ2) is 6.39. The van der Waals surface area contributed by atoms with Crippen molar-refractivity contribution in [2.45, 2.75) is 37.2 Å². The Morgan fingerprint density at radius 3 is 2.84 bits per heavy atom. The van der Waals surface area contributed by atoms with Crippen molar-refractivity contribution in [2.75, 3.05) is 24.2 Å². The molecule has 5 heteroatoms. The van der Waals surface area contributed by atoms with E-state index in [1.807, 2.05) is 19.1 Å². The van der Waals surface area contributed by atoms with E-state index in [-0.39, 0.29) is 11.9 Å². The molecule has 1 aliphatic heterocycles. The van der Waals surface area contributed by atoms with Gasteiger partial charge in [-0.3, -0.25) is 0 Å². The van der Waals surface area contributed by atoms with E-state index in [1.165, 1.54) is 0 Å². The molecule has 1 atom stereocenters. The summed E-state index contributed by atoms with van der Waals surface area (Å²) in [6.45, 7) is 3.35. The van der Waals surface area contributed by atoms with Crippen LogP contribution < -0.4 is 5.32 Å². The van der Waals surface area contributed by atoms with Gasteiger partial charge in [0.15, 0.2) is 9.84 Å². The number of rotatable bonds is 6. The van der Waals surface area contributed by atoms with Crippen LogP contribution in [0.1, 0.15) is 26.2 Å². The molecule has 19 heavy (non-hydrogen) atoms. The predicted molar refractivity (Wildman–Crippen MR) is 76.2 cm³/mol. The lowest BCUT2D eigenvalue weighted by Crippen LogP contribution is -2.20. The summed E-state index contributed by atoms with van der Waals surface area (Å²) in [5, 5.41) is 3.22. The highest BCUT2D eigenvalue weighted by Crippen LogP contribution is 2.23. The van der Waals surface area contributed by atoms with Gasteiger partial charge in [0, 0.05) is 13.2 Å². The van der Waals surface area contributed by atoms with E-state index in [1.54, 1.807) is 12.1 Å². The molecule has 2 rings (SSSR count). The number of benzene rings is 1. The molecule has 0 radical (unpaired) electrons. The summed E-state index contributed by atoms with van der Waals surface area (Å²) in [5.41, 5.74) is 0.687. The lowest BCUT2D eigenvalue weighted by Gasteiger charge is -2.15. The molecule has 1 fully saturated rings. The van der Waals surface area contributed by atoms with Gasteiger partial charge in [0.25, 0.3) is 0 Å². The van der Waals surface area contributed by atoms with Crippen LogP contribution >= 0.6 is 0 Å². The van der Waals surface area contributed by atoms with Gasteiger partial charge < -0.3 is 10.1 Å². The first kappa shape index (κ1) is 14.3. The number of para-hydroxylation sites is 1. The van der Waals surface area contributed by atoms with Gasteiger partial charge in [-0.05, 0) is 31.4 Å². The summed E-state index contributed by atoms with van der Waals surface area (Å²) in [6, 6.07) is 7.10. The Morgan fingerprint density at radius 1 is 1.37 bits per heavy atom. The average Bonchev–Trinajstić information content (AvgIpc) is 2.90. The maximum absolute atomic E-state index is 12.2. The molecule has 1 saturated heterocycles. The maximum atomic E-state index is 12.2. The molecule has 1 aliphatic rings. The largest absolute Gasteiger partial charge is 0.381 e. The summed E-state index contributed by atoms with van der Waals surface area (Å²) < 4.78 is 29.9. The number of ether oxygens (including phenoxy) is 1. The SMILES string of the molecule is CCCS(=O)(=O)c1ccccc1NCC1CCCO1. The minimum Gasteiger partial charge on any atom is -0.381 e. The van der Waals surface area contributed by atoms with E-state index in [0.717, 1.165) is 19.4 Å². The zero-order chi connectivity index (χ0) is 13.7. The van der Waals surface area contributed by atoms with Crippen molar-refractivity contribution < 1.29 is 13.2 Å². The van der Waals surface area contributed by atoms with Gasteiger partial charge in [-0.25, -0.2) is 8.42 Å². The summed E-state index contributed by atoms with van der Waals surface area (Å²) in [4.78, 5) is 0.398. The topological polar surface area (TPSA) is 55.4 Å². The number of hydrogen-bond acceptors (Lipinski definition) is 4. The van der Waals surface area contributed by atoms with E-state index >= 15 is 0 Å². The number of anilines is 1. The fourth-order valence-corrected chi connectivity index (χ4v) is 3.81. The van der Waals surface area contributed by atoms with Crippen molar-refractivity contribution in [3.8, 4) is 0 Å². The molecule has 0 amide bonds. The number of hydrogen-bond donors (Lipinski definition) is 1. The first-order valence-electron chi connectivity index (χ1n) is 6.81. The molecule has 1 N–H and O–H groups in total. The van der Waals surface area contributed by atoms with Crippen LogP contribution in [0.25, 0.3) is 0 Å². The third-order valence-corrected chi connectivity index (χ3v) is 5.21. The quantitative estimate of drug-likeness (QED) is 0.871. The van der Waals surface area contributed by atoms with Crippen LogP contribution in [0.3, 0.4) is 0 Å². The molecule has 1 unspecified atom stereocenters. The summed E-state index contributed by atoms with van der Waals surface area (Å²) in [5.74, 6) is 0.186. The van der Waals surface area contributed by atoms with E-state index in [0.29, 0.717) is 23.5 Å². The van der Waals surface area contributed by atoms with Crippen molar-refractivity contribution in [2.24, 2.45) is 0 Å². The lowest BCUT2D eigenvalue weighted by molar-refractivity contribution is 0.120. The molecule has 0 aromatic heterocycles. The second-order valence-electron chi connectivity index (χ2n) is 4.83. The minimum absolute atomic E-state index is 0.186. The summed E-state index contributed by atoms with van der Waals surface area (Å²) >= 11 is 0. The standard InChI is InChI=1S/C14H21NO3S/c1-2-10-19(16,17)14-8-4-3-7-13(14)15-11-12-6-5-9-18-12/h3-4,7-8,12,15H,2,5-6,9-11H2,1H3. The second-order valence-corrected chi connectivity index (χ2v) is 6.91. The Morgan fingerprint density at radius 2 is 2.16 bits per heavy atom. The highest BCUT2D eigenvalue weighted by atomic mass is 32.2. The average molecular weight is 283 g/mol. The van der Waals surface area contributed by atoms with Crippen molar-refractivity contribution in [3.63, 3.8) is 0 Å². The van der Waals surface area contributed by atoms with E-state index in [4.69, 9.17) is 4.74 Å². The molecule has 0 saturated carbocycles. The predicted octanol–water partition coefficient (Wildman–Crippen LogP) is 2.46. The van der Waals surface area contributed by atoms with Gasteiger partial charge in [-0.15, -0.1) is 0 Å². The van der Waals surface area contributed by atoms with Gasteiger partial charge in [0.2, 0.25) is 0 Å². The smallest absolute Gasteiger partial charge is 0.180 e. The molecular formula is C14H21NO3S. The minimum atomic E-state index is -3.19. The third-order valence-electron chi connectivity index (χ3n) is 3.24. The molecular weight excluding hydrogens is 262 g/mol. The Hall–Kier alpha value is -1.07.